The van der Waals surface area contributed by atoms with E-state index < -0.39 is 11.9 Å². The van der Waals surface area contributed by atoms with E-state index in [1.54, 1.807) is 0 Å². The summed E-state index contributed by atoms with van der Waals surface area (Å²) in [5.74, 6) is -1.66. The zero-order valence-electron chi connectivity index (χ0n) is 12.7. The van der Waals surface area contributed by atoms with Crippen molar-refractivity contribution in [3.8, 4) is 0 Å². The van der Waals surface area contributed by atoms with E-state index in [0.29, 0.717) is 13.0 Å². The van der Waals surface area contributed by atoms with Gasteiger partial charge < -0.3 is 10.4 Å². The molecule has 4 nitrogen and oxygen atoms in total. The van der Waals surface area contributed by atoms with Gasteiger partial charge >= 0.3 is 5.97 Å². The van der Waals surface area contributed by atoms with Crippen LogP contribution < -0.4 is 5.32 Å². The highest BCUT2D eigenvalue weighted by Crippen LogP contribution is 2.30. The number of aliphatic carboxylic acids is 1. The van der Waals surface area contributed by atoms with Gasteiger partial charge in [0.2, 0.25) is 5.91 Å². The van der Waals surface area contributed by atoms with Crippen LogP contribution in [0, 0.1) is 11.8 Å². The lowest BCUT2D eigenvalue weighted by atomic mass is 9.78. The SMILES string of the molecule is CCCCCCCCNC(=O)[C@H]1CCCC[C@H]1C(=O)O. The van der Waals surface area contributed by atoms with E-state index in [4.69, 9.17) is 5.11 Å². The Bertz CT molecular complexity index is 304. The van der Waals surface area contributed by atoms with Crippen molar-refractivity contribution in [2.45, 2.75) is 71.1 Å². The van der Waals surface area contributed by atoms with Crippen molar-refractivity contribution in [1.29, 1.82) is 0 Å². The summed E-state index contributed by atoms with van der Waals surface area (Å²) in [6, 6.07) is 0. The minimum Gasteiger partial charge on any atom is -0.481 e. The molecular weight excluding hydrogens is 254 g/mol. The zero-order valence-corrected chi connectivity index (χ0v) is 12.7. The second kappa shape index (κ2) is 9.78. The van der Waals surface area contributed by atoms with Crippen LogP contribution in [-0.2, 0) is 9.59 Å². The van der Waals surface area contributed by atoms with Crippen LogP contribution >= 0.6 is 0 Å². The van der Waals surface area contributed by atoms with Gasteiger partial charge in [0.1, 0.15) is 0 Å². The Labute approximate surface area is 122 Å². The molecule has 0 aromatic carbocycles. The van der Waals surface area contributed by atoms with Gasteiger partial charge in [0, 0.05) is 6.54 Å². The molecule has 0 unspecified atom stereocenters. The molecule has 0 aliphatic heterocycles. The van der Waals surface area contributed by atoms with E-state index in [-0.39, 0.29) is 11.8 Å². The maximum atomic E-state index is 12.1. The molecule has 1 rings (SSSR count). The molecule has 0 saturated heterocycles. The Hall–Kier alpha value is -1.06. The predicted molar refractivity (Wildman–Crippen MR) is 79.5 cm³/mol. The van der Waals surface area contributed by atoms with Gasteiger partial charge in [-0.05, 0) is 19.3 Å². The number of carbonyl (C=O) groups excluding carboxylic acids is 1. The minimum absolute atomic E-state index is 0.0503. The summed E-state index contributed by atoms with van der Waals surface area (Å²) < 4.78 is 0. The van der Waals surface area contributed by atoms with E-state index in [9.17, 15) is 9.59 Å². The lowest BCUT2D eigenvalue weighted by Crippen LogP contribution is -2.40. The maximum Gasteiger partial charge on any atom is 0.307 e. The third-order valence-electron chi connectivity index (χ3n) is 4.25. The molecule has 0 spiro atoms. The average molecular weight is 283 g/mol. The third-order valence-corrected chi connectivity index (χ3v) is 4.25. The van der Waals surface area contributed by atoms with Crippen LogP contribution in [0.2, 0.25) is 0 Å². The molecule has 0 radical (unpaired) electrons. The average Bonchev–Trinajstić information content (AvgIpc) is 2.46. The fourth-order valence-corrected chi connectivity index (χ4v) is 2.99. The van der Waals surface area contributed by atoms with E-state index in [1.165, 1.54) is 25.7 Å². The summed E-state index contributed by atoms with van der Waals surface area (Å²) in [7, 11) is 0. The van der Waals surface area contributed by atoms with Crippen LogP contribution in [0.15, 0.2) is 0 Å². The first-order valence-corrected chi connectivity index (χ1v) is 8.17. The molecule has 2 atom stereocenters. The molecule has 0 aromatic rings. The molecule has 0 bridgehead atoms. The van der Waals surface area contributed by atoms with Gasteiger partial charge in [0.05, 0.1) is 11.8 Å². The lowest BCUT2D eigenvalue weighted by Gasteiger charge is -2.27. The number of carboxylic acid groups (broad SMARTS) is 1. The van der Waals surface area contributed by atoms with Gasteiger partial charge in [-0.15, -0.1) is 0 Å². The van der Waals surface area contributed by atoms with Crippen molar-refractivity contribution in [3.63, 3.8) is 0 Å². The first-order valence-electron chi connectivity index (χ1n) is 8.17. The van der Waals surface area contributed by atoms with E-state index in [2.05, 4.69) is 12.2 Å². The van der Waals surface area contributed by atoms with Crippen LogP contribution in [0.5, 0.6) is 0 Å². The monoisotopic (exact) mass is 283 g/mol. The number of carboxylic acids is 1. The van der Waals surface area contributed by atoms with Crippen molar-refractivity contribution in [2.24, 2.45) is 11.8 Å². The summed E-state index contributed by atoms with van der Waals surface area (Å²) in [6.45, 7) is 2.89. The predicted octanol–water partition coefficient (Wildman–Crippen LogP) is 3.35. The number of rotatable bonds is 9. The third kappa shape index (κ3) is 5.93. The van der Waals surface area contributed by atoms with Crippen LogP contribution in [0.4, 0.5) is 0 Å². The quantitative estimate of drug-likeness (QED) is 0.638. The molecule has 1 aliphatic rings. The largest absolute Gasteiger partial charge is 0.481 e. The number of amides is 1. The summed E-state index contributed by atoms with van der Waals surface area (Å²) in [5, 5.41) is 12.1. The first kappa shape index (κ1) is 17.0. The number of nitrogens with one attached hydrogen (secondary N) is 1. The number of unbranched alkanes of at least 4 members (excludes halogenated alkanes) is 5. The molecule has 1 amide bonds. The van der Waals surface area contributed by atoms with Crippen molar-refractivity contribution in [3.05, 3.63) is 0 Å². The van der Waals surface area contributed by atoms with Crippen LogP contribution in [0.25, 0.3) is 0 Å². The molecule has 20 heavy (non-hydrogen) atoms. The Morgan fingerprint density at radius 2 is 1.60 bits per heavy atom. The Morgan fingerprint density at radius 1 is 1.00 bits per heavy atom. The highest BCUT2D eigenvalue weighted by Gasteiger charge is 2.35. The van der Waals surface area contributed by atoms with Gasteiger partial charge in [-0.1, -0.05) is 51.9 Å². The van der Waals surface area contributed by atoms with E-state index in [1.807, 2.05) is 0 Å². The summed E-state index contributed by atoms with van der Waals surface area (Å²) >= 11 is 0. The van der Waals surface area contributed by atoms with Gasteiger partial charge in [0.15, 0.2) is 0 Å². The van der Waals surface area contributed by atoms with Crippen LogP contribution in [-0.4, -0.2) is 23.5 Å². The second-order valence-corrected chi connectivity index (χ2v) is 5.89. The van der Waals surface area contributed by atoms with Crippen molar-refractivity contribution < 1.29 is 14.7 Å². The van der Waals surface area contributed by atoms with E-state index in [0.717, 1.165) is 32.1 Å². The van der Waals surface area contributed by atoms with Gasteiger partial charge in [-0.3, -0.25) is 9.59 Å². The fraction of sp³-hybridized carbons (Fsp3) is 0.875. The second-order valence-electron chi connectivity index (χ2n) is 5.89. The Morgan fingerprint density at radius 3 is 2.25 bits per heavy atom. The highest BCUT2D eigenvalue weighted by molar-refractivity contribution is 5.84. The number of carbonyl (C=O) groups is 2. The van der Waals surface area contributed by atoms with Crippen molar-refractivity contribution in [1.82, 2.24) is 5.32 Å². The Balaban J connectivity index is 2.19. The van der Waals surface area contributed by atoms with Crippen LogP contribution in [0.3, 0.4) is 0 Å². The Kier molecular flexibility index (Phi) is 8.31. The van der Waals surface area contributed by atoms with Crippen molar-refractivity contribution in [2.75, 3.05) is 6.54 Å². The maximum absolute atomic E-state index is 12.1. The molecule has 1 saturated carbocycles. The van der Waals surface area contributed by atoms with Gasteiger partial charge in [-0.25, -0.2) is 0 Å². The van der Waals surface area contributed by atoms with Gasteiger partial charge in [0.25, 0.3) is 0 Å². The number of hydrogen-bond acceptors (Lipinski definition) is 2. The standard InChI is InChI=1S/C16H29NO3/c1-2-3-4-5-6-9-12-17-15(18)13-10-7-8-11-14(13)16(19)20/h13-14H,2-12H2,1H3,(H,17,18)(H,19,20)/t13-,14+/m0/s1. The first-order chi connectivity index (χ1) is 9.66. The summed E-state index contributed by atoms with van der Waals surface area (Å²) in [5.41, 5.74) is 0. The zero-order chi connectivity index (χ0) is 14.8. The molecule has 4 heteroatoms. The lowest BCUT2D eigenvalue weighted by molar-refractivity contribution is -0.148. The summed E-state index contributed by atoms with van der Waals surface area (Å²) in [6.07, 6.45) is 10.4. The fourth-order valence-electron chi connectivity index (χ4n) is 2.99. The van der Waals surface area contributed by atoms with Crippen molar-refractivity contribution >= 4 is 11.9 Å². The molecule has 2 N–H and O–H groups in total. The molecular formula is C16H29NO3. The molecule has 1 fully saturated rings. The molecule has 116 valence electrons. The molecule has 0 aromatic heterocycles. The normalized spacial score (nSPS) is 22.4. The van der Waals surface area contributed by atoms with Crippen LogP contribution in [0.1, 0.15) is 71.1 Å². The minimum atomic E-state index is -0.815. The van der Waals surface area contributed by atoms with E-state index >= 15 is 0 Å². The number of hydrogen-bond donors (Lipinski definition) is 2. The molecule has 1 aliphatic carbocycles. The molecule has 0 heterocycles. The topological polar surface area (TPSA) is 66.4 Å². The highest BCUT2D eigenvalue weighted by atomic mass is 16.4. The smallest absolute Gasteiger partial charge is 0.307 e. The van der Waals surface area contributed by atoms with Gasteiger partial charge in [-0.2, -0.15) is 0 Å². The summed E-state index contributed by atoms with van der Waals surface area (Å²) in [4.78, 5) is 23.2.